The second-order valence-corrected chi connectivity index (χ2v) is 7.49. The molecule has 0 aromatic carbocycles. The Hall–Kier alpha value is -2.87. The Morgan fingerprint density at radius 1 is 0.839 bits per heavy atom. The number of hydrogen-bond acceptors (Lipinski definition) is 8. The number of carbonyl (C=O) groups excluding carboxylic acids is 4. The number of nitrogens with one attached hydrogen (secondary N) is 3. The van der Waals surface area contributed by atoms with Gasteiger partial charge in [0.25, 0.3) is 0 Å². The van der Waals surface area contributed by atoms with Gasteiger partial charge < -0.3 is 37.6 Å². The normalized spacial score (nSPS) is 13.4. The van der Waals surface area contributed by atoms with Crippen LogP contribution in [-0.4, -0.2) is 82.5 Å². The lowest BCUT2D eigenvalue weighted by Gasteiger charge is -2.24. The van der Waals surface area contributed by atoms with E-state index in [4.69, 9.17) is 16.6 Å². The highest BCUT2D eigenvalue weighted by atomic mass is 32.2. The Kier molecular flexibility index (Phi) is 13.6. The van der Waals surface area contributed by atoms with Gasteiger partial charge in [-0.2, -0.15) is 11.8 Å². The number of carboxylic acids is 2. The number of hydrogen-bond donors (Lipinski definition) is 7. The summed E-state index contributed by atoms with van der Waals surface area (Å²) in [5.74, 6) is -5.17. The zero-order valence-electron chi connectivity index (χ0n) is 17.1. The molecule has 9 N–H and O–H groups in total. The van der Waals surface area contributed by atoms with E-state index in [0.717, 1.165) is 0 Å². The number of nitrogens with two attached hydrogens (primary N) is 2. The van der Waals surface area contributed by atoms with E-state index in [1.54, 1.807) is 6.26 Å². The monoisotopic (exact) mass is 463 g/mol. The molecule has 0 aliphatic carbocycles. The van der Waals surface area contributed by atoms with Gasteiger partial charge in [-0.15, -0.1) is 0 Å². The van der Waals surface area contributed by atoms with Gasteiger partial charge in [-0.05, 0) is 31.3 Å². The Morgan fingerprint density at radius 2 is 1.35 bits per heavy atom. The number of rotatable bonds is 16. The van der Waals surface area contributed by atoms with Crippen LogP contribution in [0.3, 0.4) is 0 Å². The van der Waals surface area contributed by atoms with Gasteiger partial charge in [-0.1, -0.05) is 0 Å². The molecule has 0 rings (SSSR count). The summed E-state index contributed by atoms with van der Waals surface area (Å²) in [7, 11) is 0. The highest BCUT2D eigenvalue weighted by Gasteiger charge is 2.29. The average molecular weight is 464 g/mol. The number of aliphatic carboxylic acids is 2. The molecule has 4 amide bonds. The van der Waals surface area contributed by atoms with Crippen LogP contribution in [0.4, 0.5) is 0 Å². The van der Waals surface area contributed by atoms with Crippen LogP contribution in [0.5, 0.6) is 0 Å². The van der Waals surface area contributed by atoms with Crippen molar-refractivity contribution in [3.05, 3.63) is 0 Å². The first-order valence-corrected chi connectivity index (χ1v) is 10.7. The van der Waals surface area contributed by atoms with Crippen molar-refractivity contribution in [3.63, 3.8) is 0 Å². The van der Waals surface area contributed by atoms with Crippen LogP contribution in [-0.2, 0) is 28.8 Å². The predicted octanol–water partition coefficient (Wildman–Crippen LogP) is -2.63. The van der Waals surface area contributed by atoms with Gasteiger partial charge >= 0.3 is 11.9 Å². The van der Waals surface area contributed by atoms with Crippen molar-refractivity contribution in [2.24, 2.45) is 11.5 Å². The first-order valence-electron chi connectivity index (χ1n) is 9.33. The maximum absolute atomic E-state index is 12.6. The standard InChI is InChI=1S/C17H29N5O8S/c1-31-7-6-10(20-13(24)8-18)16(28)21-9(2-4-12(19)23)15(27)22-11(17(29)30)3-5-14(25)26/h9-11H,2-8,18H2,1H3,(H2,19,23)(H,20,24)(H,21,28)(H,22,27)(H,25,26)(H,29,30). The van der Waals surface area contributed by atoms with Crippen molar-refractivity contribution in [1.82, 2.24) is 16.0 Å². The lowest BCUT2D eigenvalue weighted by atomic mass is 10.1. The minimum absolute atomic E-state index is 0.224. The maximum Gasteiger partial charge on any atom is 0.326 e. The zero-order chi connectivity index (χ0) is 24.0. The molecule has 0 fully saturated rings. The van der Waals surface area contributed by atoms with E-state index < -0.39 is 60.1 Å². The Labute approximate surface area is 183 Å². The van der Waals surface area contributed by atoms with Crippen LogP contribution in [0.15, 0.2) is 0 Å². The van der Waals surface area contributed by atoms with E-state index >= 15 is 0 Å². The van der Waals surface area contributed by atoms with E-state index in [9.17, 15) is 33.9 Å². The van der Waals surface area contributed by atoms with Gasteiger partial charge in [-0.3, -0.25) is 24.0 Å². The second kappa shape index (κ2) is 15.0. The summed E-state index contributed by atoms with van der Waals surface area (Å²) in [5.41, 5.74) is 10.3. The summed E-state index contributed by atoms with van der Waals surface area (Å²) in [6.45, 7) is -0.349. The Balaban J connectivity index is 5.38. The van der Waals surface area contributed by atoms with Crippen LogP contribution in [0.1, 0.15) is 32.1 Å². The molecule has 0 aromatic heterocycles. The van der Waals surface area contributed by atoms with Crippen LogP contribution >= 0.6 is 11.8 Å². The molecular weight excluding hydrogens is 434 g/mol. The van der Waals surface area contributed by atoms with E-state index in [2.05, 4.69) is 16.0 Å². The first kappa shape index (κ1) is 28.1. The Morgan fingerprint density at radius 3 is 1.81 bits per heavy atom. The van der Waals surface area contributed by atoms with Crippen molar-refractivity contribution >= 4 is 47.3 Å². The molecule has 0 aromatic rings. The van der Waals surface area contributed by atoms with Crippen LogP contribution in [0, 0.1) is 0 Å². The summed E-state index contributed by atoms with van der Waals surface area (Å²) in [6, 6.07) is -3.85. The fourth-order valence-electron chi connectivity index (χ4n) is 2.38. The van der Waals surface area contributed by atoms with Crippen molar-refractivity contribution in [2.75, 3.05) is 18.6 Å². The largest absolute Gasteiger partial charge is 0.481 e. The maximum atomic E-state index is 12.6. The summed E-state index contributed by atoms with van der Waals surface area (Å²) in [5, 5.41) is 24.9. The third-order valence-electron chi connectivity index (χ3n) is 4.02. The van der Waals surface area contributed by atoms with Gasteiger partial charge in [0, 0.05) is 12.8 Å². The van der Waals surface area contributed by atoms with Gasteiger partial charge in [0.05, 0.1) is 6.54 Å². The highest BCUT2D eigenvalue weighted by molar-refractivity contribution is 7.98. The summed E-state index contributed by atoms with van der Waals surface area (Å²) >= 11 is 1.42. The van der Waals surface area contributed by atoms with Gasteiger partial charge in [0.15, 0.2) is 0 Å². The smallest absolute Gasteiger partial charge is 0.326 e. The van der Waals surface area contributed by atoms with Crippen molar-refractivity contribution in [3.8, 4) is 0 Å². The molecule has 13 nitrogen and oxygen atoms in total. The Bertz CT molecular complexity index is 675. The second-order valence-electron chi connectivity index (χ2n) is 6.50. The van der Waals surface area contributed by atoms with E-state index in [0.29, 0.717) is 5.75 Å². The molecule has 176 valence electrons. The molecule has 31 heavy (non-hydrogen) atoms. The SMILES string of the molecule is CSCCC(NC(=O)CN)C(=O)NC(CCC(N)=O)C(=O)NC(CCC(=O)O)C(=O)O. The van der Waals surface area contributed by atoms with Crippen LogP contribution in [0.25, 0.3) is 0 Å². The van der Waals surface area contributed by atoms with Gasteiger partial charge in [0.1, 0.15) is 18.1 Å². The third kappa shape index (κ3) is 12.4. The van der Waals surface area contributed by atoms with Crippen molar-refractivity contribution in [2.45, 2.75) is 50.2 Å². The van der Waals surface area contributed by atoms with Crippen LogP contribution < -0.4 is 27.4 Å². The summed E-state index contributed by atoms with van der Waals surface area (Å²) in [6.07, 6.45) is 0.645. The minimum Gasteiger partial charge on any atom is -0.481 e. The molecule has 0 aliphatic heterocycles. The molecule has 0 aliphatic rings. The topological polar surface area (TPSA) is 231 Å². The lowest BCUT2D eigenvalue weighted by Crippen LogP contribution is -2.56. The number of primary amides is 1. The fourth-order valence-corrected chi connectivity index (χ4v) is 2.85. The van der Waals surface area contributed by atoms with Crippen molar-refractivity contribution in [1.29, 1.82) is 0 Å². The van der Waals surface area contributed by atoms with Gasteiger partial charge in [-0.25, -0.2) is 4.79 Å². The molecule has 0 bridgehead atoms. The fraction of sp³-hybridized carbons (Fsp3) is 0.647. The average Bonchev–Trinajstić information content (AvgIpc) is 2.69. The predicted molar refractivity (Wildman–Crippen MR) is 111 cm³/mol. The number of thioether (sulfide) groups is 1. The molecule has 0 saturated heterocycles. The minimum atomic E-state index is -1.51. The molecule has 0 spiro atoms. The summed E-state index contributed by atoms with van der Waals surface area (Å²) in [4.78, 5) is 69.9. The van der Waals surface area contributed by atoms with Gasteiger partial charge in [0.2, 0.25) is 23.6 Å². The number of carboxylic acid groups (broad SMARTS) is 2. The molecule has 3 unspecified atom stereocenters. The quantitative estimate of drug-likeness (QED) is 0.126. The molecule has 14 heteroatoms. The molecule has 0 saturated carbocycles. The summed E-state index contributed by atoms with van der Waals surface area (Å²) < 4.78 is 0. The zero-order valence-corrected chi connectivity index (χ0v) is 17.9. The molecule has 0 radical (unpaired) electrons. The van der Waals surface area contributed by atoms with E-state index in [1.807, 2.05) is 0 Å². The lowest BCUT2D eigenvalue weighted by molar-refractivity contribution is -0.143. The third-order valence-corrected chi connectivity index (χ3v) is 4.67. The molecular formula is C17H29N5O8S. The molecule has 3 atom stereocenters. The number of amides is 4. The van der Waals surface area contributed by atoms with Crippen LogP contribution in [0.2, 0.25) is 0 Å². The highest BCUT2D eigenvalue weighted by Crippen LogP contribution is 2.06. The number of carbonyl (C=O) groups is 6. The van der Waals surface area contributed by atoms with E-state index in [1.165, 1.54) is 11.8 Å². The van der Waals surface area contributed by atoms with E-state index in [-0.39, 0.29) is 32.2 Å². The first-order chi connectivity index (χ1) is 14.5. The molecule has 0 heterocycles. The van der Waals surface area contributed by atoms with Crippen molar-refractivity contribution < 1.29 is 39.0 Å².